The Morgan fingerprint density at radius 1 is 1.45 bits per heavy atom. The third-order valence-electron chi connectivity index (χ3n) is 2.34. The first-order valence-electron chi connectivity index (χ1n) is 6.07. The second kappa shape index (κ2) is 8.02. The third kappa shape index (κ3) is 7.28. The van der Waals surface area contributed by atoms with E-state index in [1.54, 1.807) is 19.2 Å². The van der Waals surface area contributed by atoms with Crippen molar-refractivity contribution >= 4 is 38.3 Å². The number of nitrogens with one attached hydrogen (secondary N) is 1. The SMILES string of the molecule is CC(CS(C)=O)NS(=O)(=O)CCSc1cccc(N)c1. The molecule has 0 aliphatic rings. The third-order valence-corrected chi connectivity index (χ3v) is 6.07. The maximum Gasteiger partial charge on any atom is 0.212 e. The Labute approximate surface area is 127 Å². The fourth-order valence-electron chi connectivity index (χ4n) is 1.63. The van der Waals surface area contributed by atoms with Gasteiger partial charge in [-0.1, -0.05) is 6.07 Å². The zero-order valence-corrected chi connectivity index (χ0v) is 14.0. The summed E-state index contributed by atoms with van der Waals surface area (Å²) in [6.45, 7) is 1.71. The number of hydrogen-bond acceptors (Lipinski definition) is 5. The zero-order chi connectivity index (χ0) is 15.2. The number of benzene rings is 1. The van der Waals surface area contributed by atoms with E-state index in [1.807, 2.05) is 18.2 Å². The van der Waals surface area contributed by atoms with Crippen LogP contribution < -0.4 is 10.5 Å². The van der Waals surface area contributed by atoms with Crippen LogP contribution in [0.5, 0.6) is 0 Å². The van der Waals surface area contributed by atoms with Crippen molar-refractivity contribution in [3.63, 3.8) is 0 Å². The largest absolute Gasteiger partial charge is 0.399 e. The normalized spacial score (nSPS) is 14.9. The van der Waals surface area contributed by atoms with Crippen LogP contribution in [0.4, 0.5) is 5.69 Å². The minimum absolute atomic E-state index is 0.0210. The van der Waals surface area contributed by atoms with Gasteiger partial charge in [0.1, 0.15) is 0 Å². The second-order valence-electron chi connectivity index (χ2n) is 4.50. The second-order valence-corrected chi connectivity index (χ2v) is 9.02. The summed E-state index contributed by atoms with van der Waals surface area (Å²) in [6.07, 6.45) is 1.56. The molecule has 0 aliphatic heterocycles. The lowest BCUT2D eigenvalue weighted by atomic mass is 10.3. The van der Waals surface area contributed by atoms with Crippen LogP contribution in [-0.4, -0.2) is 42.2 Å². The van der Waals surface area contributed by atoms with Crippen LogP contribution in [-0.2, 0) is 20.8 Å². The standard InChI is InChI=1S/C12H20N2O3S3/c1-10(9-19(2)15)14-20(16,17)7-6-18-12-5-3-4-11(13)8-12/h3-5,8,10,14H,6-7,9,13H2,1-2H3. The smallest absolute Gasteiger partial charge is 0.212 e. The van der Waals surface area contributed by atoms with Crippen molar-refractivity contribution in [2.75, 3.05) is 29.2 Å². The van der Waals surface area contributed by atoms with Crippen molar-refractivity contribution in [1.82, 2.24) is 4.72 Å². The Balaban J connectivity index is 2.42. The van der Waals surface area contributed by atoms with Gasteiger partial charge in [-0.3, -0.25) is 4.21 Å². The van der Waals surface area contributed by atoms with E-state index in [4.69, 9.17) is 5.73 Å². The van der Waals surface area contributed by atoms with Crippen LogP contribution in [0.2, 0.25) is 0 Å². The van der Waals surface area contributed by atoms with Crippen LogP contribution in [0.15, 0.2) is 29.2 Å². The number of anilines is 1. The molecule has 20 heavy (non-hydrogen) atoms. The van der Waals surface area contributed by atoms with Crippen LogP contribution in [0, 0.1) is 0 Å². The topological polar surface area (TPSA) is 89.3 Å². The molecule has 1 rings (SSSR count). The van der Waals surface area contributed by atoms with Crippen LogP contribution in [0.3, 0.4) is 0 Å². The van der Waals surface area contributed by atoms with Gasteiger partial charge in [-0.15, -0.1) is 11.8 Å². The predicted octanol–water partition coefficient (Wildman–Crippen LogP) is 1.05. The monoisotopic (exact) mass is 336 g/mol. The summed E-state index contributed by atoms with van der Waals surface area (Å²) in [4.78, 5) is 0.947. The van der Waals surface area contributed by atoms with Crippen molar-refractivity contribution in [3.8, 4) is 0 Å². The first-order chi connectivity index (χ1) is 9.28. The van der Waals surface area contributed by atoms with Gasteiger partial charge in [0.2, 0.25) is 10.0 Å². The lowest BCUT2D eigenvalue weighted by Crippen LogP contribution is -2.38. The van der Waals surface area contributed by atoms with Gasteiger partial charge in [0.25, 0.3) is 0 Å². The summed E-state index contributed by atoms with van der Waals surface area (Å²) in [5.41, 5.74) is 6.32. The highest BCUT2D eigenvalue weighted by atomic mass is 32.2. The van der Waals surface area contributed by atoms with Crippen molar-refractivity contribution in [1.29, 1.82) is 0 Å². The molecule has 0 bridgehead atoms. The number of nitrogen functional groups attached to an aromatic ring is 1. The highest BCUT2D eigenvalue weighted by Gasteiger charge is 2.15. The quantitative estimate of drug-likeness (QED) is 0.547. The van der Waals surface area contributed by atoms with Gasteiger partial charge in [0, 0.05) is 45.2 Å². The molecule has 2 unspecified atom stereocenters. The van der Waals surface area contributed by atoms with Crippen molar-refractivity contribution < 1.29 is 12.6 Å². The highest BCUT2D eigenvalue weighted by Crippen LogP contribution is 2.20. The molecule has 1 aromatic carbocycles. The molecule has 2 atom stereocenters. The van der Waals surface area contributed by atoms with Gasteiger partial charge in [0.05, 0.1) is 5.75 Å². The molecule has 0 heterocycles. The maximum absolute atomic E-state index is 11.8. The molecule has 0 saturated heterocycles. The van der Waals surface area contributed by atoms with Crippen LogP contribution in [0.25, 0.3) is 0 Å². The lowest BCUT2D eigenvalue weighted by molar-refractivity contribution is 0.571. The summed E-state index contributed by atoms with van der Waals surface area (Å²) in [6, 6.07) is 7.01. The van der Waals surface area contributed by atoms with Gasteiger partial charge in [-0.2, -0.15) is 0 Å². The number of nitrogens with two attached hydrogens (primary N) is 1. The Kier molecular flexibility index (Phi) is 7.01. The molecular formula is C12H20N2O3S3. The molecule has 0 saturated carbocycles. The highest BCUT2D eigenvalue weighted by molar-refractivity contribution is 8.00. The first kappa shape index (κ1) is 17.5. The van der Waals surface area contributed by atoms with Gasteiger partial charge in [-0.25, -0.2) is 13.1 Å². The average molecular weight is 337 g/mol. The zero-order valence-electron chi connectivity index (χ0n) is 11.5. The van der Waals surface area contributed by atoms with Crippen LogP contribution >= 0.6 is 11.8 Å². The molecule has 0 aliphatic carbocycles. The lowest BCUT2D eigenvalue weighted by Gasteiger charge is -2.12. The number of hydrogen-bond donors (Lipinski definition) is 2. The van der Waals surface area contributed by atoms with Crippen molar-refractivity contribution in [2.45, 2.75) is 17.9 Å². The van der Waals surface area contributed by atoms with E-state index in [0.29, 0.717) is 17.2 Å². The van der Waals surface area contributed by atoms with Gasteiger partial charge in [-0.05, 0) is 25.1 Å². The van der Waals surface area contributed by atoms with Gasteiger partial charge < -0.3 is 5.73 Å². The molecule has 0 spiro atoms. The molecule has 5 nitrogen and oxygen atoms in total. The summed E-state index contributed by atoms with van der Waals surface area (Å²) in [5, 5.41) is 0. The summed E-state index contributed by atoms with van der Waals surface area (Å²) in [7, 11) is -4.36. The molecule has 0 amide bonds. The van der Waals surface area contributed by atoms with Crippen molar-refractivity contribution in [3.05, 3.63) is 24.3 Å². The van der Waals surface area contributed by atoms with Crippen molar-refractivity contribution in [2.24, 2.45) is 0 Å². The number of rotatable bonds is 8. The Hall–Kier alpha value is -0.570. The predicted molar refractivity (Wildman–Crippen MR) is 86.9 cm³/mol. The van der Waals surface area contributed by atoms with E-state index in [0.717, 1.165) is 4.90 Å². The Morgan fingerprint density at radius 2 is 2.15 bits per heavy atom. The fraction of sp³-hybridized carbons (Fsp3) is 0.500. The molecule has 1 aromatic rings. The van der Waals surface area contributed by atoms with E-state index in [2.05, 4.69) is 4.72 Å². The molecule has 0 radical (unpaired) electrons. The summed E-state index contributed by atoms with van der Waals surface area (Å²) < 4.78 is 37.2. The summed E-state index contributed by atoms with van der Waals surface area (Å²) >= 11 is 1.44. The number of sulfonamides is 1. The molecule has 114 valence electrons. The molecule has 0 fully saturated rings. The molecule has 3 N–H and O–H groups in total. The van der Waals surface area contributed by atoms with E-state index >= 15 is 0 Å². The molecular weight excluding hydrogens is 316 g/mol. The van der Waals surface area contributed by atoms with E-state index < -0.39 is 20.8 Å². The van der Waals surface area contributed by atoms with E-state index in [9.17, 15) is 12.6 Å². The summed E-state index contributed by atoms with van der Waals surface area (Å²) in [5.74, 6) is 0.787. The van der Waals surface area contributed by atoms with E-state index in [1.165, 1.54) is 11.8 Å². The minimum Gasteiger partial charge on any atom is -0.399 e. The minimum atomic E-state index is -3.34. The fourth-order valence-corrected chi connectivity index (χ4v) is 5.17. The van der Waals surface area contributed by atoms with Gasteiger partial charge >= 0.3 is 0 Å². The van der Waals surface area contributed by atoms with Crippen LogP contribution in [0.1, 0.15) is 6.92 Å². The van der Waals surface area contributed by atoms with E-state index in [-0.39, 0.29) is 11.8 Å². The maximum atomic E-state index is 11.8. The Bertz CT molecular complexity index is 561. The molecule has 0 aromatic heterocycles. The van der Waals surface area contributed by atoms with Gasteiger partial charge in [0.15, 0.2) is 0 Å². The Morgan fingerprint density at radius 3 is 2.75 bits per heavy atom. The molecule has 8 heteroatoms. The first-order valence-corrected chi connectivity index (χ1v) is 10.4. The average Bonchev–Trinajstić information content (AvgIpc) is 2.26. The number of thioether (sulfide) groups is 1.